The van der Waals surface area contributed by atoms with Crippen LogP contribution in [0.4, 0.5) is 37.7 Å². The van der Waals surface area contributed by atoms with Crippen molar-refractivity contribution in [3.63, 3.8) is 0 Å². The number of hydrogen-bond donors (Lipinski definition) is 4. The van der Waals surface area contributed by atoms with Gasteiger partial charge in [0.15, 0.2) is 5.78 Å². The maximum Gasteiger partial charge on any atom is 0.417 e. The van der Waals surface area contributed by atoms with Crippen LogP contribution in [-0.2, 0) is 12.4 Å². The van der Waals surface area contributed by atoms with Crippen molar-refractivity contribution in [3.8, 4) is 22.3 Å². The summed E-state index contributed by atoms with van der Waals surface area (Å²) in [6.45, 7) is 11.3. The van der Waals surface area contributed by atoms with Gasteiger partial charge < -0.3 is 20.8 Å². The molecule has 0 spiro atoms. The second-order valence-electron chi connectivity index (χ2n) is 15.6. The number of carboxylic acids is 2. The van der Waals surface area contributed by atoms with E-state index < -0.39 is 80.2 Å². The van der Waals surface area contributed by atoms with Crippen molar-refractivity contribution in [1.82, 2.24) is 0 Å². The molecule has 0 aliphatic rings. The summed E-state index contributed by atoms with van der Waals surface area (Å²) >= 11 is 0. The molecule has 14 heteroatoms. The van der Waals surface area contributed by atoms with Gasteiger partial charge in [-0.1, -0.05) is 84.6 Å². The molecule has 4 rings (SSSR count). The molecule has 2 unspecified atom stereocenters. The van der Waals surface area contributed by atoms with Gasteiger partial charge in [0.2, 0.25) is 0 Å². The lowest BCUT2D eigenvalue weighted by molar-refractivity contribution is -0.139. The summed E-state index contributed by atoms with van der Waals surface area (Å²) in [5.74, 6) is -4.44. The number of amides is 1. The molecule has 0 aromatic heterocycles. The highest BCUT2D eigenvalue weighted by Crippen LogP contribution is 2.45. The summed E-state index contributed by atoms with van der Waals surface area (Å²) in [6.07, 6.45) is -4.66. The topological polar surface area (TPSA) is 133 Å². The number of halogens is 6. The summed E-state index contributed by atoms with van der Waals surface area (Å²) in [7, 11) is 0. The number of Topliss-reactive ketones (excluding diaryl/α,β-unsaturated/α-hetero) is 1. The van der Waals surface area contributed by atoms with Crippen LogP contribution in [0.5, 0.6) is 0 Å². The highest BCUT2D eigenvalue weighted by atomic mass is 19.4. The third kappa shape index (κ3) is 10.7. The fourth-order valence-corrected chi connectivity index (χ4v) is 7.16. The smallest absolute Gasteiger partial charge is 0.417 e. The number of aromatic carboxylic acids is 2. The van der Waals surface area contributed by atoms with Crippen LogP contribution >= 0.6 is 0 Å². The molecule has 0 bridgehead atoms. The van der Waals surface area contributed by atoms with E-state index in [1.54, 1.807) is 6.92 Å². The number of ketones is 1. The van der Waals surface area contributed by atoms with Gasteiger partial charge in [0, 0.05) is 27.9 Å². The van der Waals surface area contributed by atoms with E-state index in [4.69, 9.17) is 0 Å². The number of benzene rings is 4. The number of unbranched alkanes of at least 4 members (excludes halogenated alkanes) is 2. The van der Waals surface area contributed by atoms with Crippen LogP contribution in [0.2, 0.25) is 0 Å². The van der Waals surface area contributed by atoms with E-state index in [0.717, 1.165) is 62.1 Å². The zero-order chi connectivity index (χ0) is 44.8. The molecular formula is C46H50F6N2O6. The standard InChI is InChI=1S/C46H50F6N2O6/c1-7-11-21-43(5,9-3)39(55)33-17-13-27(23-35(33)41(57)58)28-14-18-34(36(24-28)42(59)60)40(56)53-29-15-19-31(37(25-29)45(47,48)49)32-20-16-30(26-38(32)46(50,51)52)54-44(6,10-4)22-12-8-2/h13-20,23-26,54H,7-12,21-22H2,1-6H3,(H,53,56)(H,57,58)(H,59,60). The van der Waals surface area contributed by atoms with Crippen molar-refractivity contribution in [2.45, 2.75) is 111 Å². The molecule has 0 saturated carbocycles. The first-order valence-corrected chi connectivity index (χ1v) is 19.8. The Hall–Kier alpha value is -5.66. The molecule has 0 radical (unpaired) electrons. The van der Waals surface area contributed by atoms with Crippen molar-refractivity contribution in [3.05, 3.63) is 106 Å². The molecule has 0 aliphatic heterocycles. The summed E-state index contributed by atoms with van der Waals surface area (Å²) in [6, 6.07) is 12.9. The van der Waals surface area contributed by atoms with E-state index >= 15 is 0 Å². The molecule has 0 aliphatic carbocycles. The quantitative estimate of drug-likeness (QED) is 0.0579. The molecule has 4 aromatic rings. The fourth-order valence-electron chi connectivity index (χ4n) is 7.16. The minimum absolute atomic E-state index is 0.00798. The average molecular weight is 841 g/mol. The molecule has 4 N–H and O–H groups in total. The van der Waals surface area contributed by atoms with E-state index in [2.05, 4.69) is 10.6 Å². The largest absolute Gasteiger partial charge is 0.478 e. The van der Waals surface area contributed by atoms with Crippen LogP contribution < -0.4 is 10.6 Å². The molecule has 60 heavy (non-hydrogen) atoms. The molecule has 4 aromatic carbocycles. The zero-order valence-electron chi connectivity index (χ0n) is 34.4. The minimum atomic E-state index is -5.18. The van der Waals surface area contributed by atoms with Gasteiger partial charge in [-0.2, -0.15) is 26.3 Å². The van der Waals surface area contributed by atoms with Gasteiger partial charge in [-0.25, -0.2) is 9.59 Å². The molecule has 8 nitrogen and oxygen atoms in total. The number of carboxylic acid groups (broad SMARTS) is 2. The molecule has 322 valence electrons. The summed E-state index contributed by atoms with van der Waals surface area (Å²) in [5.41, 5.74) is -6.99. The Morgan fingerprint density at radius 2 is 1.03 bits per heavy atom. The minimum Gasteiger partial charge on any atom is -0.478 e. The van der Waals surface area contributed by atoms with E-state index in [1.165, 1.54) is 30.3 Å². The molecule has 0 heterocycles. The van der Waals surface area contributed by atoms with Gasteiger partial charge in [0.05, 0.1) is 27.8 Å². The Bertz CT molecular complexity index is 2250. The van der Waals surface area contributed by atoms with Gasteiger partial charge in [0.25, 0.3) is 5.91 Å². The number of carbonyl (C=O) groups is 4. The molecule has 0 fully saturated rings. The maximum atomic E-state index is 14.6. The Labute approximate surface area is 345 Å². The number of rotatable bonds is 18. The highest BCUT2D eigenvalue weighted by Gasteiger charge is 2.39. The first kappa shape index (κ1) is 47.0. The van der Waals surface area contributed by atoms with Gasteiger partial charge in [-0.15, -0.1) is 0 Å². The summed E-state index contributed by atoms with van der Waals surface area (Å²) in [4.78, 5) is 51.8. The van der Waals surface area contributed by atoms with Crippen molar-refractivity contribution in [1.29, 1.82) is 0 Å². The van der Waals surface area contributed by atoms with E-state index in [-0.39, 0.29) is 33.7 Å². The van der Waals surface area contributed by atoms with Crippen molar-refractivity contribution < 1.29 is 55.7 Å². The molecule has 2 atom stereocenters. The number of alkyl halides is 6. The molecule has 0 saturated heterocycles. The number of carbonyl (C=O) groups excluding carboxylic acids is 2. The van der Waals surface area contributed by atoms with Crippen molar-refractivity contribution in [2.75, 3.05) is 10.6 Å². The zero-order valence-corrected chi connectivity index (χ0v) is 34.4. The van der Waals surface area contributed by atoms with Crippen LogP contribution in [0, 0.1) is 5.41 Å². The van der Waals surface area contributed by atoms with Gasteiger partial charge >= 0.3 is 24.3 Å². The first-order valence-electron chi connectivity index (χ1n) is 19.8. The van der Waals surface area contributed by atoms with Crippen LogP contribution in [-0.4, -0.2) is 39.4 Å². The first-order chi connectivity index (χ1) is 28.0. The molecule has 1 amide bonds. The third-order valence-corrected chi connectivity index (χ3v) is 11.2. The second-order valence-corrected chi connectivity index (χ2v) is 15.6. The normalized spacial score (nSPS) is 13.9. The summed E-state index contributed by atoms with van der Waals surface area (Å²) < 4.78 is 87.2. The monoisotopic (exact) mass is 840 g/mol. The lowest BCUT2D eigenvalue weighted by Gasteiger charge is -2.31. The Balaban J connectivity index is 1.71. The molecular weight excluding hydrogens is 791 g/mol. The van der Waals surface area contributed by atoms with E-state index in [1.807, 2.05) is 34.6 Å². The van der Waals surface area contributed by atoms with Crippen LogP contribution in [0.1, 0.15) is 145 Å². The van der Waals surface area contributed by atoms with E-state index in [9.17, 15) is 55.7 Å². The van der Waals surface area contributed by atoms with Crippen molar-refractivity contribution in [2.24, 2.45) is 5.41 Å². The Morgan fingerprint density at radius 3 is 1.50 bits per heavy atom. The van der Waals surface area contributed by atoms with Crippen LogP contribution in [0.25, 0.3) is 22.3 Å². The van der Waals surface area contributed by atoms with Gasteiger partial charge in [-0.05, 0) is 103 Å². The maximum absolute atomic E-state index is 14.6. The predicted molar refractivity (Wildman–Crippen MR) is 220 cm³/mol. The number of hydrogen-bond acceptors (Lipinski definition) is 5. The Morgan fingerprint density at radius 1 is 0.567 bits per heavy atom. The summed E-state index contributed by atoms with van der Waals surface area (Å²) in [5, 5.41) is 25.5. The number of nitrogens with one attached hydrogen (secondary N) is 2. The van der Waals surface area contributed by atoms with Crippen LogP contribution in [0.15, 0.2) is 72.8 Å². The lowest BCUT2D eigenvalue weighted by Crippen LogP contribution is -2.34. The SMILES string of the molecule is CCCCC(C)(CC)Nc1ccc(-c2ccc(NC(=O)c3ccc(-c4ccc(C(=O)C(C)(CC)CCCC)c(C(=O)O)c4)cc3C(=O)O)cc2C(F)(F)F)c(C(F)(F)F)c1. The fraction of sp³-hybridized carbons (Fsp3) is 0.391. The highest BCUT2D eigenvalue weighted by molar-refractivity contribution is 6.12. The Kier molecular flexibility index (Phi) is 14.7. The lowest BCUT2D eigenvalue weighted by atomic mass is 9.75. The predicted octanol–water partition coefficient (Wildman–Crippen LogP) is 13.3. The third-order valence-electron chi connectivity index (χ3n) is 11.2. The average Bonchev–Trinajstić information content (AvgIpc) is 3.20. The van der Waals surface area contributed by atoms with E-state index in [0.29, 0.717) is 31.7 Å². The van der Waals surface area contributed by atoms with Crippen LogP contribution in [0.3, 0.4) is 0 Å². The van der Waals surface area contributed by atoms with Gasteiger partial charge in [-0.3, -0.25) is 9.59 Å². The van der Waals surface area contributed by atoms with Gasteiger partial charge in [0.1, 0.15) is 0 Å². The van der Waals surface area contributed by atoms with Crippen molar-refractivity contribution >= 4 is 35.0 Å². The second kappa shape index (κ2) is 18.7. The number of anilines is 2.